The van der Waals surface area contributed by atoms with Crippen molar-refractivity contribution < 1.29 is 4.74 Å². The first kappa shape index (κ1) is 14.4. The van der Waals surface area contributed by atoms with Gasteiger partial charge in [-0.2, -0.15) is 4.37 Å². The molecule has 5 heteroatoms. The van der Waals surface area contributed by atoms with Crippen molar-refractivity contribution in [2.75, 3.05) is 17.7 Å². The van der Waals surface area contributed by atoms with Gasteiger partial charge in [-0.1, -0.05) is 26.7 Å². The predicted octanol–water partition coefficient (Wildman–Crippen LogP) is 3.75. The number of nitrogen functional groups attached to an aromatic ring is 1. The van der Waals surface area contributed by atoms with Crippen LogP contribution in [0.1, 0.15) is 46.5 Å². The number of nitrogens with zero attached hydrogens (tertiary/aromatic N) is 1. The Bertz CT molecular complexity index is 405. The lowest BCUT2D eigenvalue weighted by atomic mass is 9.78. The highest BCUT2D eigenvalue weighted by Crippen LogP contribution is 2.39. The Kier molecular flexibility index (Phi) is 4.91. The van der Waals surface area contributed by atoms with Crippen LogP contribution >= 0.6 is 11.5 Å². The minimum absolute atomic E-state index is 0.506. The zero-order valence-electron chi connectivity index (χ0n) is 12.1. The van der Waals surface area contributed by atoms with Gasteiger partial charge in [0.2, 0.25) is 0 Å². The largest absolute Gasteiger partial charge is 0.487 e. The number of aromatic nitrogens is 1. The van der Waals surface area contributed by atoms with Gasteiger partial charge in [-0.15, -0.1) is 0 Å². The van der Waals surface area contributed by atoms with Gasteiger partial charge in [0, 0.05) is 6.04 Å². The van der Waals surface area contributed by atoms with Crippen molar-refractivity contribution >= 4 is 22.4 Å². The average molecular weight is 283 g/mol. The van der Waals surface area contributed by atoms with Crippen LogP contribution in [0.15, 0.2) is 0 Å². The second kappa shape index (κ2) is 6.46. The zero-order valence-corrected chi connectivity index (χ0v) is 12.9. The van der Waals surface area contributed by atoms with Crippen LogP contribution in [-0.4, -0.2) is 17.0 Å². The molecule has 2 atom stereocenters. The Hall–Kier alpha value is -0.970. The summed E-state index contributed by atoms with van der Waals surface area (Å²) in [6.45, 7) is 7.22. The minimum atomic E-state index is 0.506. The molecule has 0 saturated heterocycles. The van der Waals surface area contributed by atoms with Crippen molar-refractivity contribution in [3.8, 4) is 5.75 Å². The first-order valence-electron chi connectivity index (χ1n) is 7.28. The number of nitrogens with one attached hydrogen (secondary N) is 1. The van der Waals surface area contributed by atoms with Gasteiger partial charge in [0.15, 0.2) is 16.6 Å². The summed E-state index contributed by atoms with van der Waals surface area (Å²) in [4.78, 5) is 0. The van der Waals surface area contributed by atoms with Crippen LogP contribution in [0, 0.1) is 11.8 Å². The summed E-state index contributed by atoms with van der Waals surface area (Å²) in [6.07, 6.45) is 5.20. The molecule has 19 heavy (non-hydrogen) atoms. The first-order chi connectivity index (χ1) is 9.13. The van der Waals surface area contributed by atoms with E-state index >= 15 is 0 Å². The molecular formula is C14H25N3OS. The Morgan fingerprint density at radius 3 is 2.84 bits per heavy atom. The predicted molar refractivity (Wildman–Crippen MR) is 81.9 cm³/mol. The van der Waals surface area contributed by atoms with Gasteiger partial charge < -0.3 is 15.8 Å². The van der Waals surface area contributed by atoms with Crippen LogP contribution in [0.2, 0.25) is 0 Å². The maximum Gasteiger partial charge on any atom is 0.197 e. The number of anilines is 2. The van der Waals surface area contributed by atoms with Crippen LogP contribution in [0.25, 0.3) is 0 Å². The van der Waals surface area contributed by atoms with Crippen molar-refractivity contribution in [3.05, 3.63) is 0 Å². The molecule has 0 aliphatic heterocycles. The van der Waals surface area contributed by atoms with Crippen LogP contribution in [0.4, 0.5) is 10.8 Å². The smallest absolute Gasteiger partial charge is 0.197 e. The van der Waals surface area contributed by atoms with Gasteiger partial charge in [0.1, 0.15) is 0 Å². The third-order valence-corrected chi connectivity index (χ3v) is 4.73. The van der Waals surface area contributed by atoms with Gasteiger partial charge in [0.25, 0.3) is 0 Å². The fraction of sp³-hybridized carbons (Fsp3) is 0.786. The first-order valence-corrected chi connectivity index (χ1v) is 8.05. The average Bonchev–Trinajstić information content (AvgIpc) is 2.72. The number of ether oxygens (including phenoxy) is 1. The lowest BCUT2D eigenvalue weighted by Crippen LogP contribution is -2.35. The molecule has 108 valence electrons. The molecule has 0 radical (unpaired) electrons. The fourth-order valence-corrected chi connectivity index (χ4v) is 3.70. The van der Waals surface area contributed by atoms with Crippen molar-refractivity contribution in [1.82, 2.24) is 4.37 Å². The van der Waals surface area contributed by atoms with E-state index in [0.717, 1.165) is 16.7 Å². The number of hydrogen-bond donors (Lipinski definition) is 2. The van der Waals surface area contributed by atoms with E-state index in [1.54, 1.807) is 0 Å². The normalized spacial score (nSPS) is 23.6. The van der Waals surface area contributed by atoms with Gasteiger partial charge in [-0.05, 0) is 43.1 Å². The molecule has 0 bridgehead atoms. The summed E-state index contributed by atoms with van der Waals surface area (Å²) >= 11 is 1.41. The summed E-state index contributed by atoms with van der Waals surface area (Å²) in [5.41, 5.74) is 5.86. The Balaban J connectivity index is 2.10. The molecule has 2 unspecified atom stereocenters. The third-order valence-electron chi connectivity index (χ3n) is 3.96. The van der Waals surface area contributed by atoms with Gasteiger partial charge in [-0.3, -0.25) is 0 Å². The molecular weight excluding hydrogens is 258 g/mol. The van der Waals surface area contributed by atoms with Gasteiger partial charge in [0.05, 0.1) is 6.61 Å². The van der Waals surface area contributed by atoms with E-state index in [0.29, 0.717) is 24.4 Å². The van der Waals surface area contributed by atoms with Crippen LogP contribution < -0.4 is 15.8 Å². The van der Waals surface area contributed by atoms with Crippen molar-refractivity contribution in [2.24, 2.45) is 11.8 Å². The van der Waals surface area contributed by atoms with Crippen LogP contribution in [0.5, 0.6) is 5.75 Å². The fourth-order valence-electron chi connectivity index (χ4n) is 2.97. The van der Waals surface area contributed by atoms with E-state index in [1.807, 2.05) is 6.92 Å². The highest BCUT2D eigenvalue weighted by molar-refractivity contribution is 7.11. The third kappa shape index (κ3) is 3.32. The maximum atomic E-state index is 5.86. The zero-order chi connectivity index (χ0) is 13.8. The molecule has 1 heterocycles. The number of hydrogen-bond acceptors (Lipinski definition) is 5. The van der Waals surface area contributed by atoms with Crippen molar-refractivity contribution in [3.63, 3.8) is 0 Å². The lowest BCUT2D eigenvalue weighted by molar-refractivity contribution is 0.253. The molecule has 0 spiro atoms. The molecule has 1 aromatic rings. The Morgan fingerprint density at radius 2 is 2.16 bits per heavy atom. The quantitative estimate of drug-likeness (QED) is 0.864. The molecule has 0 aromatic carbocycles. The molecule has 4 nitrogen and oxygen atoms in total. The highest BCUT2D eigenvalue weighted by atomic mass is 32.1. The van der Waals surface area contributed by atoms with Gasteiger partial charge in [-0.25, -0.2) is 0 Å². The topological polar surface area (TPSA) is 60.2 Å². The molecule has 1 fully saturated rings. The molecule has 1 aliphatic carbocycles. The molecule has 3 N–H and O–H groups in total. The second-order valence-electron chi connectivity index (χ2n) is 5.60. The summed E-state index contributed by atoms with van der Waals surface area (Å²) in [6, 6.07) is 0.521. The summed E-state index contributed by atoms with van der Waals surface area (Å²) in [5, 5.41) is 4.63. The lowest BCUT2D eigenvalue weighted by Gasteiger charge is -2.35. The Morgan fingerprint density at radius 1 is 1.42 bits per heavy atom. The summed E-state index contributed by atoms with van der Waals surface area (Å²) in [7, 11) is 0. The van der Waals surface area contributed by atoms with E-state index in [2.05, 4.69) is 23.5 Å². The summed E-state index contributed by atoms with van der Waals surface area (Å²) < 4.78 is 9.81. The van der Waals surface area contributed by atoms with E-state index in [1.165, 1.54) is 37.2 Å². The Labute approximate surface area is 119 Å². The SMILES string of the molecule is CCOc1c(N)nsc1NC1CCCCC1C(C)C. The minimum Gasteiger partial charge on any atom is -0.487 e. The monoisotopic (exact) mass is 283 g/mol. The molecule has 1 aliphatic rings. The van der Waals surface area contributed by atoms with Crippen molar-refractivity contribution in [2.45, 2.75) is 52.5 Å². The van der Waals surface area contributed by atoms with E-state index in [4.69, 9.17) is 10.5 Å². The number of rotatable bonds is 5. The van der Waals surface area contributed by atoms with Crippen molar-refractivity contribution in [1.29, 1.82) is 0 Å². The van der Waals surface area contributed by atoms with E-state index in [9.17, 15) is 0 Å². The van der Waals surface area contributed by atoms with E-state index < -0.39 is 0 Å². The molecule has 1 saturated carbocycles. The highest BCUT2D eigenvalue weighted by Gasteiger charge is 2.29. The molecule has 1 aromatic heterocycles. The molecule has 0 amide bonds. The standard InChI is InChI=1S/C14H25N3OS/c1-4-18-12-13(15)17-19-14(12)16-11-8-6-5-7-10(11)9(2)3/h9-11,16H,4-8H2,1-3H3,(H2,15,17). The number of nitrogens with two attached hydrogens (primary N) is 1. The van der Waals surface area contributed by atoms with E-state index in [-0.39, 0.29) is 0 Å². The van der Waals surface area contributed by atoms with Crippen LogP contribution in [0.3, 0.4) is 0 Å². The van der Waals surface area contributed by atoms with Gasteiger partial charge >= 0.3 is 0 Å². The maximum absolute atomic E-state index is 5.86. The second-order valence-corrected chi connectivity index (χ2v) is 6.38. The molecule has 2 rings (SSSR count). The van der Waals surface area contributed by atoms with Crippen LogP contribution in [-0.2, 0) is 0 Å². The summed E-state index contributed by atoms with van der Waals surface area (Å²) in [5.74, 6) is 2.68.